The molecule has 3 rings (SSSR count). The van der Waals surface area contributed by atoms with Crippen molar-refractivity contribution in [3.05, 3.63) is 0 Å². The average Bonchev–Trinajstić information content (AvgIpc) is 2.06. The van der Waals surface area contributed by atoms with Gasteiger partial charge in [0.05, 0.1) is 0 Å². The number of hydrogen-bond donors (Lipinski definition) is 1. The van der Waals surface area contributed by atoms with Crippen LogP contribution in [0.1, 0.15) is 19.3 Å². The molecule has 2 heterocycles. The normalized spacial score (nSPS) is 45.9. The first kappa shape index (κ1) is 6.62. The second-order valence-corrected chi connectivity index (χ2v) is 3.50. The lowest BCUT2D eigenvalue weighted by Gasteiger charge is -2.42. The molecule has 0 aromatic rings. The number of piperidine rings is 2. The van der Waals surface area contributed by atoms with Crippen LogP contribution in [0.3, 0.4) is 0 Å². The molecule has 2 bridgehead atoms. The van der Waals surface area contributed by atoms with Crippen LogP contribution in [0.4, 0.5) is 0 Å². The Morgan fingerprint density at radius 1 is 1.40 bits per heavy atom. The molecule has 0 aromatic carbocycles. The number of fused-ring (bicyclic) bond motifs is 3. The summed E-state index contributed by atoms with van der Waals surface area (Å²) in [6.45, 7) is 1.21. The van der Waals surface area contributed by atoms with Gasteiger partial charge in [0.1, 0.15) is 0 Å². The number of hydrogen-bond acceptors (Lipinski definition) is 1. The quantitative estimate of drug-likeness (QED) is 0.558. The summed E-state index contributed by atoms with van der Waals surface area (Å²) in [6, 6.07) is 1.47. The fourth-order valence-electron chi connectivity index (χ4n) is 2.27. The van der Waals surface area contributed by atoms with E-state index in [1.54, 1.807) is 0 Å². The summed E-state index contributed by atoms with van der Waals surface area (Å²) in [4.78, 5) is 0. The van der Waals surface area contributed by atoms with Crippen LogP contribution in [0, 0.1) is 5.92 Å². The summed E-state index contributed by atoms with van der Waals surface area (Å²) in [7, 11) is 1.96. The van der Waals surface area contributed by atoms with Gasteiger partial charge < -0.3 is 5.32 Å². The lowest BCUT2D eigenvalue weighted by atomic mass is 9.78. The van der Waals surface area contributed by atoms with Gasteiger partial charge in [-0.15, -0.1) is 0 Å². The molecule has 0 spiro atoms. The lowest BCUT2D eigenvalue weighted by molar-refractivity contribution is 0.160. The van der Waals surface area contributed by atoms with Crippen LogP contribution in [0.5, 0.6) is 0 Å². The predicted molar refractivity (Wildman–Crippen MR) is 41.0 cm³/mol. The third-order valence-electron chi connectivity index (χ3n) is 2.96. The van der Waals surface area contributed by atoms with Crippen LogP contribution in [-0.4, -0.2) is 25.7 Å². The Morgan fingerprint density at radius 3 is 2.60 bits per heavy atom. The highest BCUT2D eigenvalue weighted by atomic mass is 15.0. The van der Waals surface area contributed by atoms with Gasteiger partial charge >= 0.3 is 0 Å². The summed E-state index contributed by atoms with van der Waals surface area (Å²) >= 11 is 0. The van der Waals surface area contributed by atoms with E-state index in [0.717, 1.165) is 12.0 Å². The van der Waals surface area contributed by atoms with E-state index in [4.69, 9.17) is 0 Å². The van der Waals surface area contributed by atoms with Crippen molar-refractivity contribution in [2.75, 3.05) is 13.6 Å². The van der Waals surface area contributed by atoms with Gasteiger partial charge in [-0.1, -0.05) is 0 Å². The van der Waals surface area contributed by atoms with E-state index in [-0.39, 0.29) is 0 Å². The molecular weight excluding hydrogens is 124 g/mol. The standard InChI is InChI=1S/C8H15N2/c1-9-8-4-7-3-2-6(8)5-10-7/h6-8,10H,2-5H2,1H3. The Kier molecular flexibility index (Phi) is 1.66. The van der Waals surface area contributed by atoms with E-state index in [2.05, 4.69) is 10.6 Å². The van der Waals surface area contributed by atoms with E-state index in [9.17, 15) is 0 Å². The van der Waals surface area contributed by atoms with Crippen molar-refractivity contribution in [2.24, 2.45) is 5.92 Å². The van der Waals surface area contributed by atoms with Crippen molar-refractivity contribution in [3.63, 3.8) is 0 Å². The second-order valence-electron chi connectivity index (χ2n) is 3.50. The summed E-state index contributed by atoms with van der Waals surface area (Å²) in [5.74, 6) is 0.856. The molecule has 2 nitrogen and oxygen atoms in total. The largest absolute Gasteiger partial charge is 0.314 e. The van der Waals surface area contributed by atoms with Crippen LogP contribution < -0.4 is 10.6 Å². The highest BCUT2D eigenvalue weighted by molar-refractivity contribution is 4.93. The monoisotopic (exact) mass is 139 g/mol. The summed E-state index contributed by atoms with van der Waals surface area (Å²) in [5.41, 5.74) is 0. The maximum atomic E-state index is 4.39. The van der Waals surface area contributed by atoms with E-state index in [1.165, 1.54) is 25.8 Å². The van der Waals surface area contributed by atoms with E-state index < -0.39 is 0 Å². The van der Waals surface area contributed by atoms with Crippen LogP contribution in [0.25, 0.3) is 0 Å². The van der Waals surface area contributed by atoms with E-state index in [1.807, 2.05) is 7.05 Å². The van der Waals surface area contributed by atoms with Crippen molar-refractivity contribution < 1.29 is 0 Å². The third kappa shape index (κ3) is 0.956. The van der Waals surface area contributed by atoms with Gasteiger partial charge in [-0.3, -0.25) is 0 Å². The van der Waals surface area contributed by atoms with Gasteiger partial charge in [0.25, 0.3) is 0 Å². The number of rotatable bonds is 1. The van der Waals surface area contributed by atoms with Gasteiger partial charge in [-0.2, -0.15) is 0 Å². The van der Waals surface area contributed by atoms with Gasteiger partial charge in [-0.25, -0.2) is 5.32 Å². The van der Waals surface area contributed by atoms with Gasteiger partial charge in [-0.05, 0) is 31.7 Å². The first-order valence-corrected chi connectivity index (χ1v) is 4.22. The molecule has 0 amide bonds. The minimum atomic E-state index is 0.681. The molecule has 3 aliphatic rings. The molecular formula is C8H15N2. The first-order valence-electron chi connectivity index (χ1n) is 4.22. The smallest absolute Gasteiger partial charge is 0.0297 e. The van der Waals surface area contributed by atoms with Crippen molar-refractivity contribution in [3.8, 4) is 0 Å². The molecule has 2 aliphatic heterocycles. The fraction of sp³-hybridized carbons (Fsp3) is 1.00. The Morgan fingerprint density at radius 2 is 2.30 bits per heavy atom. The molecule has 2 heteroatoms. The zero-order chi connectivity index (χ0) is 6.97. The molecule has 57 valence electrons. The molecule has 3 atom stereocenters. The Balaban J connectivity index is 2.01. The zero-order valence-electron chi connectivity index (χ0n) is 6.51. The Bertz CT molecular complexity index is 116. The highest BCUT2D eigenvalue weighted by Gasteiger charge is 2.34. The van der Waals surface area contributed by atoms with E-state index in [0.29, 0.717) is 6.04 Å². The van der Waals surface area contributed by atoms with Crippen molar-refractivity contribution >= 4 is 0 Å². The number of nitrogens with one attached hydrogen (secondary N) is 1. The molecule has 0 aromatic heterocycles. The number of nitrogens with zero attached hydrogens (tertiary/aromatic N) is 1. The molecule has 1 saturated carbocycles. The molecule has 2 saturated heterocycles. The van der Waals surface area contributed by atoms with Crippen molar-refractivity contribution in [1.29, 1.82) is 0 Å². The average molecular weight is 139 g/mol. The highest BCUT2D eigenvalue weighted by Crippen LogP contribution is 2.29. The van der Waals surface area contributed by atoms with E-state index >= 15 is 0 Å². The van der Waals surface area contributed by atoms with Crippen LogP contribution in [0.15, 0.2) is 0 Å². The van der Waals surface area contributed by atoms with Crippen molar-refractivity contribution in [2.45, 2.75) is 31.3 Å². The maximum absolute atomic E-state index is 4.39. The minimum Gasteiger partial charge on any atom is -0.314 e. The Hall–Kier alpha value is -0.0800. The molecule has 1 radical (unpaired) electrons. The second kappa shape index (κ2) is 2.51. The third-order valence-corrected chi connectivity index (χ3v) is 2.96. The van der Waals surface area contributed by atoms with Crippen LogP contribution >= 0.6 is 0 Å². The lowest BCUT2D eigenvalue weighted by Crippen LogP contribution is -2.53. The predicted octanol–water partition coefficient (Wildman–Crippen LogP) is 0.361. The van der Waals surface area contributed by atoms with Crippen LogP contribution in [0.2, 0.25) is 0 Å². The zero-order valence-corrected chi connectivity index (χ0v) is 6.51. The Labute approximate surface area is 62.4 Å². The molecule has 3 unspecified atom stereocenters. The molecule has 1 aliphatic carbocycles. The van der Waals surface area contributed by atoms with Crippen molar-refractivity contribution in [1.82, 2.24) is 10.6 Å². The molecule has 3 fully saturated rings. The summed E-state index contributed by atoms with van der Waals surface area (Å²) in [6.07, 6.45) is 4.08. The fourth-order valence-corrected chi connectivity index (χ4v) is 2.27. The first-order chi connectivity index (χ1) is 4.90. The SMILES string of the molecule is C[N]C1CC2CCC1CN2. The minimum absolute atomic E-state index is 0.681. The van der Waals surface area contributed by atoms with Crippen LogP contribution in [-0.2, 0) is 0 Å². The summed E-state index contributed by atoms with van der Waals surface area (Å²) < 4.78 is 0. The van der Waals surface area contributed by atoms with Gasteiger partial charge in [0.2, 0.25) is 0 Å². The molecule has 10 heavy (non-hydrogen) atoms. The molecule has 1 N–H and O–H groups in total. The van der Waals surface area contributed by atoms with Gasteiger partial charge in [0.15, 0.2) is 0 Å². The maximum Gasteiger partial charge on any atom is 0.0297 e. The topological polar surface area (TPSA) is 26.1 Å². The van der Waals surface area contributed by atoms with Gasteiger partial charge in [0, 0.05) is 19.1 Å². The summed E-state index contributed by atoms with van der Waals surface area (Å²) in [5, 5.41) is 7.91.